The van der Waals surface area contributed by atoms with Crippen molar-refractivity contribution >= 4 is 5.82 Å². The Labute approximate surface area is 113 Å². The number of rotatable bonds is 8. The molecule has 5 nitrogen and oxygen atoms in total. The highest BCUT2D eigenvalue weighted by Crippen LogP contribution is 2.33. The van der Waals surface area contributed by atoms with Gasteiger partial charge in [-0.05, 0) is 38.0 Å². The molecule has 0 atom stereocenters. The molecule has 0 aliphatic heterocycles. The SMILES string of the molecule is O=c1c(NCCCOCC2CC2)nccn1C1CC1. The number of anilines is 1. The molecule has 0 radical (unpaired) electrons. The first-order valence-corrected chi connectivity index (χ1v) is 7.23. The van der Waals surface area contributed by atoms with Crippen LogP contribution in [0.15, 0.2) is 17.2 Å². The van der Waals surface area contributed by atoms with Gasteiger partial charge in [-0.1, -0.05) is 0 Å². The van der Waals surface area contributed by atoms with E-state index in [1.807, 2.05) is 0 Å². The van der Waals surface area contributed by atoms with Gasteiger partial charge in [0.05, 0.1) is 0 Å². The molecule has 0 saturated heterocycles. The molecule has 0 bridgehead atoms. The first-order valence-electron chi connectivity index (χ1n) is 7.23. The Balaban J connectivity index is 1.41. The molecule has 19 heavy (non-hydrogen) atoms. The number of hydrogen-bond acceptors (Lipinski definition) is 4. The second-order valence-electron chi connectivity index (χ2n) is 5.52. The Morgan fingerprint density at radius 3 is 2.95 bits per heavy atom. The van der Waals surface area contributed by atoms with Crippen LogP contribution in [0, 0.1) is 5.92 Å². The molecule has 2 aliphatic carbocycles. The molecule has 5 heteroatoms. The molecule has 1 N–H and O–H groups in total. The van der Waals surface area contributed by atoms with Crippen LogP contribution in [0.2, 0.25) is 0 Å². The fraction of sp³-hybridized carbons (Fsp3) is 0.714. The van der Waals surface area contributed by atoms with Crippen LogP contribution in [0.4, 0.5) is 5.82 Å². The van der Waals surface area contributed by atoms with E-state index in [-0.39, 0.29) is 5.56 Å². The zero-order valence-corrected chi connectivity index (χ0v) is 11.2. The Hall–Kier alpha value is -1.36. The summed E-state index contributed by atoms with van der Waals surface area (Å²) >= 11 is 0. The van der Waals surface area contributed by atoms with E-state index in [1.165, 1.54) is 12.8 Å². The van der Waals surface area contributed by atoms with Crippen molar-refractivity contribution in [3.05, 3.63) is 22.7 Å². The lowest BCUT2D eigenvalue weighted by Crippen LogP contribution is -2.24. The summed E-state index contributed by atoms with van der Waals surface area (Å²) in [5, 5.41) is 3.12. The number of nitrogens with one attached hydrogen (secondary N) is 1. The van der Waals surface area contributed by atoms with Crippen LogP contribution in [0.5, 0.6) is 0 Å². The number of aromatic nitrogens is 2. The van der Waals surface area contributed by atoms with Crippen LogP contribution in [0.25, 0.3) is 0 Å². The van der Waals surface area contributed by atoms with Crippen LogP contribution in [-0.4, -0.2) is 29.3 Å². The lowest BCUT2D eigenvalue weighted by atomic mass is 10.4. The summed E-state index contributed by atoms with van der Waals surface area (Å²) in [7, 11) is 0. The topological polar surface area (TPSA) is 56.1 Å². The Bertz CT molecular complexity index is 478. The Morgan fingerprint density at radius 1 is 1.37 bits per heavy atom. The first-order chi connectivity index (χ1) is 9.34. The summed E-state index contributed by atoms with van der Waals surface area (Å²) in [5.41, 5.74) is 0.00361. The van der Waals surface area contributed by atoms with Crippen LogP contribution < -0.4 is 10.9 Å². The van der Waals surface area contributed by atoms with Crippen molar-refractivity contribution in [2.75, 3.05) is 25.1 Å². The van der Waals surface area contributed by atoms with Crippen molar-refractivity contribution in [2.45, 2.75) is 38.1 Å². The van der Waals surface area contributed by atoms with Crippen molar-refractivity contribution in [1.29, 1.82) is 0 Å². The van der Waals surface area contributed by atoms with E-state index in [1.54, 1.807) is 17.0 Å². The average Bonchev–Trinajstić information content (AvgIpc) is 3.28. The van der Waals surface area contributed by atoms with Crippen molar-refractivity contribution in [3.63, 3.8) is 0 Å². The van der Waals surface area contributed by atoms with E-state index in [0.29, 0.717) is 11.9 Å². The van der Waals surface area contributed by atoms with Gasteiger partial charge >= 0.3 is 0 Å². The summed E-state index contributed by atoms with van der Waals surface area (Å²) in [6.07, 6.45) is 9.26. The van der Waals surface area contributed by atoms with Gasteiger partial charge in [-0.25, -0.2) is 4.98 Å². The minimum absolute atomic E-state index is 0.00361. The average molecular weight is 263 g/mol. The van der Waals surface area contributed by atoms with Crippen molar-refractivity contribution in [2.24, 2.45) is 5.92 Å². The van der Waals surface area contributed by atoms with Gasteiger partial charge in [0.2, 0.25) is 0 Å². The summed E-state index contributed by atoms with van der Waals surface area (Å²) in [6.45, 7) is 2.40. The zero-order chi connectivity index (χ0) is 13.1. The van der Waals surface area contributed by atoms with Gasteiger partial charge in [-0.3, -0.25) is 4.79 Å². The minimum atomic E-state index is 0.00361. The van der Waals surface area contributed by atoms with Crippen molar-refractivity contribution < 1.29 is 4.74 Å². The maximum atomic E-state index is 12.1. The maximum absolute atomic E-state index is 12.1. The summed E-state index contributed by atoms with van der Waals surface area (Å²) < 4.78 is 7.34. The van der Waals surface area contributed by atoms with Gasteiger partial charge in [0.15, 0.2) is 5.82 Å². The molecule has 104 valence electrons. The summed E-state index contributed by atoms with van der Waals surface area (Å²) in [5.74, 6) is 1.28. The molecule has 2 aliphatic rings. The molecule has 1 aromatic heterocycles. The fourth-order valence-electron chi connectivity index (χ4n) is 2.10. The van der Waals surface area contributed by atoms with Gasteiger partial charge in [-0.2, -0.15) is 0 Å². The third-order valence-corrected chi connectivity index (χ3v) is 3.62. The maximum Gasteiger partial charge on any atom is 0.293 e. The van der Waals surface area contributed by atoms with E-state index >= 15 is 0 Å². The monoisotopic (exact) mass is 263 g/mol. The quantitative estimate of drug-likeness (QED) is 0.727. The predicted octanol–water partition coefficient (Wildman–Crippen LogP) is 1.81. The highest BCUT2D eigenvalue weighted by molar-refractivity contribution is 5.30. The van der Waals surface area contributed by atoms with Crippen LogP contribution >= 0.6 is 0 Å². The normalized spacial score (nSPS) is 18.5. The Kier molecular flexibility index (Phi) is 3.82. The smallest absolute Gasteiger partial charge is 0.293 e. The van der Waals surface area contributed by atoms with Crippen molar-refractivity contribution in [3.8, 4) is 0 Å². The highest BCUT2D eigenvalue weighted by atomic mass is 16.5. The molecule has 1 aromatic rings. The summed E-state index contributed by atoms with van der Waals surface area (Å²) in [6, 6.07) is 0.401. The molecule has 1 heterocycles. The number of hydrogen-bond donors (Lipinski definition) is 1. The van der Waals surface area contributed by atoms with Crippen LogP contribution in [0.3, 0.4) is 0 Å². The lowest BCUT2D eigenvalue weighted by Gasteiger charge is -2.08. The standard InChI is InChI=1S/C14H21N3O2/c18-14-13(16-7-8-17(14)12-4-5-12)15-6-1-9-19-10-11-2-3-11/h7-8,11-12H,1-6,9-10H2,(H,15,16). The molecule has 2 fully saturated rings. The van der Waals surface area contributed by atoms with Gasteiger partial charge in [0.1, 0.15) is 0 Å². The third-order valence-electron chi connectivity index (χ3n) is 3.62. The summed E-state index contributed by atoms with van der Waals surface area (Å²) in [4.78, 5) is 16.2. The predicted molar refractivity (Wildman–Crippen MR) is 73.4 cm³/mol. The Morgan fingerprint density at radius 2 is 2.21 bits per heavy atom. The second kappa shape index (κ2) is 5.74. The van der Waals surface area contributed by atoms with Crippen molar-refractivity contribution in [1.82, 2.24) is 9.55 Å². The third kappa shape index (κ3) is 3.56. The molecular weight excluding hydrogens is 242 g/mol. The van der Waals surface area contributed by atoms with Gasteiger partial charge in [0.25, 0.3) is 5.56 Å². The lowest BCUT2D eigenvalue weighted by molar-refractivity contribution is 0.124. The van der Waals surface area contributed by atoms with E-state index in [9.17, 15) is 4.79 Å². The molecule has 0 amide bonds. The van der Waals surface area contributed by atoms with Crippen LogP contribution in [0.1, 0.15) is 38.1 Å². The fourth-order valence-corrected chi connectivity index (χ4v) is 2.10. The second-order valence-corrected chi connectivity index (χ2v) is 5.52. The first kappa shape index (κ1) is 12.7. The van der Waals surface area contributed by atoms with E-state index in [4.69, 9.17) is 4.74 Å². The van der Waals surface area contributed by atoms with E-state index in [2.05, 4.69) is 10.3 Å². The molecule has 0 unspecified atom stereocenters. The molecule has 2 saturated carbocycles. The highest BCUT2D eigenvalue weighted by Gasteiger charge is 2.25. The largest absolute Gasteiger partial charge is 0.381 e. The molecule has 0 spiro atoms. The van der Waals surface area contributed by atoms with E-state index < -0.39 is 0 Å². The van der Waals surface area contributed by atoms with Gasteiger partial charge in [0, 0.05) is 38.2 Å². The zero-order valence-electron chi connectivity index (χ0n) is 11.2. The van der Waals surface area contributed by atoms with Gasteiger partial charge in [-0.15, -0.1) is 0 Å². The number of ether oxygens (including phenoxy) is 1. The number of nitrogens with zero attached hydrogens (tertiary/aromatic N) is 2. The molecule has 0 aromatic carbocycles. The molecular formula is C14H21N3O2. The van der Waals surface area contributed by atoms with Crippen LogP contribution in [-0.2, 0) is 4.74 Å². The van der Waals surface area contributed by atoms with Gasteiger partial charge < -0.3 is 14.6 Å². The minimum Gasteiger partial charge on any atom is -0.381 e. The molecule has 3 rings (SSSR count). The van der Waals surface area contributed by atoms with E-state index in [0.717, 1.165) is 44.9 Å².